The lowest BCUT2D eigenvalue weighted by atomic mass is 9.98. The first-order chi connectivity index (χ1) is 20.8. The normalized spacial score (nSPS) is 10.4. The predicted octanol–water partition coefficient (Wildman–Crippen LogP) is 11.7. The van der Waals surface area contributed by atoms with Gasteiger partial charge in [-0.2, -0.15) is 0 Å². The second-order valence-corrected chi connectivity index (χ2v) is 10.2. The highest BCUT2D eigenvalue weighted by atomic mass is 14.1. The van der Waals surface area contributed by atoms with Crippen LogP contribution in [-0.4, -0.2) is 0 Å². The summed E-state index contributed by atoms with van der Waals surface area (Å²) in [5, 5.41) is 0. The van der Waals surface area contributed by atoms with Gasteiger partial charge in [0.2, 0.25) is 0 Å². The zero-order chi connectivity index (χ0) is 28.4. The smallest absolute Gasteiger partial charge is 0.0184 e. The second kappa shape index (κ2) is 13.3. The maximum absolute atomic E-state index is 2.19. The quantitative estimate of drug-likeness (QED) is 0.205. The molecule has 0 N–H and O–H groups in total. The van der Waals surface area contributed by atoms with E-state index in [0.717, 1.165) is 0 Å². The molecule has 0 nitrogen and oxygen atoms in total. The van der Waals surface area contributed by atoms with Crippen molar-refractivity contribution in [1.82, 2.24) is 0 Å². The topological polar surface area (TPSA) is 0 Å². The van der Waals surface area contributed by atoms with E-state index in [9.17, 15) is 0 Å². The molecule has 0 aliphatic heterocycles. The summed E-state index contributed by atoms with van der Waals surface area (Å²) < 4.78 is 0. The van der Waals surface area contributed by atoms with Gasteiger partial charge in [0.15, 0.2) is 0 Å². The summed E-state index contributed by atoms with van der Waals surface area (Å²) in [5.74, 6) is 0. The van der Waals surface area contributed by atoms with Crippen LogP contribution in [0.5, 0.6) is 0 Å². The van der Waals surface area contributed by atoms with E-state index < -0.39 is 0 Å². The van der Waals surface area contributed by atoms with Crippen LogP contribution in [0.4, 0.5) is 0 Å². The van der Waals surface area contributed by atoms with Gasteiger partial charge in [-0.05, 0) is 55.6 Å². The molecule has 7 aromatic carbocycles. The van der Waals surface area contributed by atoms with Crippen LogP contribution in [0.1, 0.15) is 0 Å². The van der Waals surface area contributed by atoms with Crippen LogP contribution in [-0.2, 0) is 0 Å². The molecule has 42 heavy (non-hydrogen) atoms. The Balaban J connectivity index is 0.000000157. The molecule has 0 radical (unpaired) electrons. The Morgan fingerprint density at radius 1 is 0.119 bits per heavy atom. The fourth-order valence-corrected chi connectivity index (χ4v) is 5.09. The van der Waals surface area contributed by atoms with Gasteiger partial charge in [-0.15, -0.1) is 0 Å². The van der Waals surface area contributed by atoms with Crippen LogP contribution in [0.2, 0.25) is 0 Å². The number of hydrogen-bond donors (Lipinski definition) is 0. The van der Waals surface area contributed by atoms with Crippen molar-refractivity contribution in [2.24, 2.45) is 0 Å². The van der Waals surface area contributed by atoms with E-state index >= 15 is 0 Å². The second-order valence-electron chi connectivity index (χ2n) is 10.2. The molecule has 0 fully saturated rings. The molecule has 0 aromatic heterocycles. The number of rotatable bonds is 5. The van der Waals surface area contributed by atoms with Crippen molar-refractivity contribution < 1.29 is 0 Å². The van der Waals surface area contributed by atoms with Gasteiger partial charge in [0.25, 0.3) is 0 Å². The van der Waals surface area contributed by atoms with Crippen molar-refractivity contribution in [3.05, 3.63) is 194 Å². The molecule has 0 bridgehead atoms. The molecule has 0 spiro atoms. The van der Waals surface area contributed by atoms with Crippen molar-refractivity contribution in [2.45, 2.75) is 0 Å². The maximum atomic E-state index is 2.19. The van der Waals surface area contributed by atoms with Crippen LogP contribution >= 0.6 is 0 Å². The summed E-state index contributed by atoms with van der Waals surface area (Å²) in [6, 6.07) is 68.1. The first-order valence-corrected chi connectivity index (χ1v) is 14.4. The molecule has 0 unspecified atom stereocenters. The van der Waals surface area contributed by atoms with Crippen LogP contribution in [0.25, 0.3) is 55.6 Å². The summed E-state index contributed by atoms with van der Waals surface area (Å²) >= 11 is 0. The lowest BCUT2D eigenvalue weighted by molar-refractivity contribution is 1.58. The van der Waals surface area contributed by atoms with E-state index in [4.69, 9.17) is 0 Å². The number of hydrogen-bond acceptors (Lipinski definition) is 0. The highest BCUT2D eigenvalue weighted by Crippen LogP contribution is 2.28. The van der Waals surface area contributed by atoms with Crippen LogP contribution < -0.4 is 0 Å². The first-order valence-electron chi connectivity index (χ1n) is 14.4. The average Bonchev–Trinajstić information content (AvgIpc) is 3.10. The third-order valence-corrected chi connectivity index (χ3v) is 7.42. The monoisotopic (exact) mass is 536 g/mol. The average molecular weight is 537 g/mol. The summed E-state index contributed by atoms with van der Waals surface area (Å²) in [5.41, 5.74) is 12.5. The Kier molecular flexibility index (Phi) is 8.45. The van der Waals surface area contributed by atoms with Gasteiger partial charge in [-0.3, -0.25) is 0 Å². The minimum atomic E-state index is 1.24. The van der Waals surface area contributed by atoms with E-state index in [2.05, 4.69) is 170 Å². The van der Waals surface area contributed by atoms with Gasteiger partial charge < -0.3 is 0 Å². The predicted molar refractivity (Wildman–Crippen MR) is 180 cm³/mol. The summed E-state index contributed by atoms with van der Waals surface area (Å²) in [6.07, 6.45) is 0. The summed E-state index contributed by atoms with van der Waals surface area (Å²) in [4.78, 5) is 0. The minimum Gasteiger partial charge on any atom is -0.0622 e. The molecule has 0 atom stereocenters. The van der Waals surface area contributed by atoms with Crippen molar-refractivity contribution in [3.63, 3.8) is 0 Å². The third kappa shape index (κ3) is 6.63. The Labute approximate surface area is 249 Å². The molecule has 7 aromatic rings. The lowest BCUT2D eigenvalue weighted by Crippen LogP contribution is -1.81. The first kappa shape index (κ1) is 26.7. The lowest BCUT2D eigenvalue weighted by Gasteiger charge is -2.07. The zero-order valence-electron chi connectivity index (χ0n) is 23.5. The summed E-state index contributed by atoms with van der Waals surface area (Å²) in [7, 11) is 0. The van der Waals surface area contributed by atoms with Gasteiger partial charge in [0, 0.05) is 0 Å². The molecular weight excluding hydrogens is 504 g/mol. The third-order valence-electron chi connectivity index (χ3n) is 7.42. The Bertz CT molecular complexity index is 1650. The van der Waals surface area contributed by atoms with E-state index in [1.54, 1.807) is 0 Å². The fraction of sp³-hybridized carbons (Fsp3) is 0. The SMILES string of the molecule is c1ccc(-c2ccc(-c3ccc(-c4ccccc4)cc3)cc2)cc1.c1ccc(-c2ccc(-c3ccccc3)cc2)cc1. The zero-order valence-corrected chi connectivity index (χ0v) is 23.5. The Hall–Kier alpha value is -5.46. The van der Waals surface area contributed by atoms with Gasteiger partial charge in [0.05, 0.1) is 0 Å². The maximum Gasteiger partial charge on any atom is -0.0184 e. The fourth-order valence-electron chi connectivity index (χ4n) is 5.09. The van der Waals surface area contributed by atoms with Gasteiger partial charge in [-0.1, -0.05) is 194 Å². The van der Waals surface area contributed by atoms with Crippen molar-refractivity contribution in [1.29, 1.82) is 0 Å². The van der Waals surface area contributed by atoms with Gasteiger partial charge in [0.1, 0.15) is 0 Å². The van der Waals surface area contributed by atoms with Gasteiger partial charge in [-0.25, -0.2) is 0 Å². The molecule has 7 rings (SSSR count). The molecule has 0 saturated heterocycles. The van der Waals surface area contributed by atoms with Crippen molar-refractivity contribution in [2.75, 3.05) is 0 Å². The molecule has 0 aliphatic carbocycles. The van der Waals surface area contributed by atoms with Crippen molar-refractivity contribution >= 4 is 0 Å². The van der Waals surface area contributed by atoms with E-state index in [1.807, 2.05) is 24.3 Å². The standard InChI is InChI=1S/C24H18.C18H14/c1-3-7-19(8-4-1)21-11-15-23(16-12-21)24-17-13-22(14-18-24)20-9-5-2-6-10-20;1-3-7-15(8-4-1)17-11-13-18(14-12-17)16-9-5-2-6-10-16/h1-18H;1-14H. The Morgan fingerprint density at radius 2 is 0.238 bits per heavy atom. The van der Waals surface area contributed by atoms with Crippen LogP contribution in [0.3, 0.4) is 0 Å². The van der Waals surface area contributed by atoms with Gasteiger partial charge >= 0.3 is 0 Å². The molecular formula is C42H32. The highest BCUT2D eigenvalue weighted by molar-refractivity contribution is 5.73. The van der Waals surface area contributed by atoms with E-state index in [1.165, 1.54) is 55.6 Å². The highest BCUT2D eigenvalue weighted by Gasteiger charge is 2.02. The van der Waals surface area contributed by atoms with Crippen LogP contribution in [0, 0.1) is 0 Å². The molecule has 0 saturated carbocycles. The minimum absolute atomic E-state index is 1.24. The van der Waals surface area contributed by atoms with E-state index in [0.29, 0.717) is 0 Å². The largest absolute Gasteiger partial charge is 0.0622 e. The van der Waals surface area contributed by atoms with Crippen LogP contribution in [0.15, 0.2) is 194 Å². The molecule has 0 amide bonds. The molecule has 0 heteroatoms. The number of benzene rings is 7. The molecule has 200 valence electrons. The Morgan fingerprint density at radius 3 is 0.381 bits per heavy atom. The molecule has 0 heterocycles. The molecule has 0 aliphatic rings. The van der Waals surface area contributed by atoms with E-state index in [-0.39, 0.29) is 0 Å². The summed E-state index contributed by atoms with van der Waals surface area (Å²) in [6.45, 7) is 0. The van der Waals surface area contributed by atoms with Crippen molar-refractivity contribution in [3.8, 4) is 55.6 Å².